The highest BCUT2D eigenvalue weighted by atomic mass is 35.5. The number of nitrogens with one attached hydrogen (secondary N) is 1. The minimum atomic E-state index is -0.450. The predicted octanol–water partition coefficient (Wildman–Crippen LogP) is 3.57. The topological polar surface area (TPSA) is 101 Å². The first kappa shape index (κ1) is 27.1. The number of pyridine rings is 1. The van der Waals surface area contributed by atoms with Crippen molar-refractivity contribution in [2.24, 2.45) is 5.92 Å². The number of ether oxygens (including phenoxy) is 2. The van der Waals surface area contributed by atoms with E-state index >= 15 is 0 Å². The molecule has 0 saturated carbocycles. The lowest BCUT2D eigenvalue weighted by Gasteiger charge is -2.25. The Morgan fingerprint density at radius 2 is 1.83 bits per heavy atom. The van der Waals surface area contributed by atoms with E-state index in [1.54, 1.807) is 21.9 Å². The van der Waals surface area contributed by atoms with E-state index in [2.05, 4.69) is 10.3 Å². The maximum Gasteiger partial charge on any atom is 0.255 e. The van der Waals surface area contributed by atoms with Gasteiger partial charge in [-0.05, 0) is 53.9 Å². The van der Waals surface area contributed by atoms with E-state index in [-0.39, 0.29) is 35.2 Å². The summed E-state index contributed by atoms with van der Waals surface area (Å²) in [6, 6.07) is 14.9. The Balaban J connectivity index is 1.23. The van der Waals surface area contributed by atoms with Crippen molar-refractivity contribution < 1.29 is 23.9 Å². The minimum Gasteiger partial charge on any atom is -0.494 e. The van der Waals surface area contributed by atoms with E-state index in [1.165, 1.54) is 12.4 Å². The highest BCUT2D eigenvalue weighted by molar-refractivity contribution is 6.33. The van der Waals surface area contributed by atoms with Crippen LogP contribution in [0.15, 0.2) is 60.9 Å². The van der Waals surface area contributed by atoms with Gasteiger partial charge >= 0.3 is 0 Å². The number of hydrogen-bond acceptors (Lipinski definition) is 6. The molecule has 4 heterocycles. The van der Waals surface area contributed by atoms with Crippen LogP contribution in [0.2, 0.25) is 5.02 Å². The Hall–Kier alpha value is -4.11. The highest BCUT2D eigenvalue weighted by Crippen LogP contribution is 2.36. The molecule has 3 aromatic rings. The highest BCUT2D eigenvalue weighted by Gasteiger charge is 2.41. The molecule has 10 heteroatoms. The molecule has 1 aromatic heterocycles. The summed E-state index contributed by atoms with van der Waals surface area (Å²) >= 11 is 6.25. The zero-order valence-corrected chi connectivity index (χ0v) is 23.3. The van der Waals surface area contributed by atoms with Crippen molar-refractivity contribution in [2.75, 3.05) is 45.9 Å². The van der Waals surface area contributed by atoms with E-state index in [0.29, 0.717) is 62.7 Å². The standard InChI is InChI=1S/C31H31ClN4O5/c32-27-17-33-9-7-24(27)31(39)35-11-2-13-40-23-4-1-3-20(16-23)25-18-36(19-26(25)29(37)34-10-12-35)30(38)22-5-6-28-21(15-22)8-14-41-28/h1,3-7,9,15-17,25-26H,2,8,10-14,18-19H2,(H,34,37)/t25-,26+/m1/s1. The summed E-state index contributed by atoms with van der Waals surface area (Å²) in [7, 11) is 0. The van der Waals surface area contributed by atoms with Gasteiger partial charge in [-0.25, -0.2) is 0 Å². The molecule has 0 aliphatic carbocycles. The quantitative estimate of drug-likeness (QED) is 0.502. The molecule has 3 aliphatic rings. The SMILES string of the molecule is O=C1NCCN(C(=O)c2ccncc2Cl)CCCOc2cccc(c2)[C@H]2CN(C(=O)c3ccc4c(c3)CCO4)C[C@H]12. The second kappa shape index (κ2) is 11.8. The Kier molecular flexibility index (Phi) is 7.78. The van der Waals surface area contributed by atoms with Crippen molar-refractivity contribution in [3.05, 3.63) is 88.2 Å². The third-order valence-corrected chi connectivity index (χ3v) is 8.28. The van der Waals surface area contributed by atoms with Crippen molar-refractivity contribution in [3.8, 4) is 11.5 Å². The van der Waals surface area contributed by atoms with E-state index in [4.69, 9.17) is 21.1 Å². The summed E-state index contributed by atoms with van der Waals surface area (Å²) in [4.78, 5) is 47.9. The number of carbonyl (C=O) groups excluding carboxylic acids is 3. The fourth-order valence-electron chi connectivity index (χ4n) is 5.83. The average molecular weight is 575 g/mol. The molecule has 1 N–H and O–H groups in total. The van der Waals surface area contributed by atoms with E-state index in [0.717, 1.165) is 23.3 Å². The zero-order valence-electron chi connectivity index (χ0n) is 22.6. The Bertz CT molecular complexity index is 1480. The predicted molar refractivity (Wildman–Crippen MR) is 152 cm³/mol. The Labute approximate surface area is 243 Å². The Morgan fingerprint density at radius 1 is 0.951 bits per heavy atom. The first-order valence-corrected chi connectivity index (χ1v) is 14.3. The summed E-state index contributed by atoms with van der Waals surface area (Å²) in [5, 5.41) is 3.32. The lowest BCUT2D eigenvalue weighted by Crippen LogP contribution is -2.42. The van der Waals surface area contributed by atoms with E-state index < -0.39 is 5.92 Å². The van der Waals surface area contributed by atoms with Crippen LogP contribution in [-0.4, -0.2) is 78.4 Å². The zero-order chi connectivity index (χ0) is 28.3. The number of amides is 3. The van der Waals surface area contributed by atoms with Crippen LogP contribution in [0.5, 0.6) is 11.5 Å². The molecule has 2 aromatic carbocycles. The van der Waals surface area contributed by atoms with Crippen LogP contribution in [0.4, 0.5) is 0 Å². The van der Waals surface area contributed by atoms with Crippen molar-refractivity contribution in [1.29, 1.82) is 0 Å². The maximum atomic E-state index is 13.6. The van der Waals surface area contributed by atoms with Crippen molar-refractivity contribution >= 4 is 29.3 Å². The lowest BCUT2D eigenvalue weighted by atomic mass is 9.88. The molecule has 2 bridgehead atoms. The first-order valence-electron chi connectivity index (χ1n) is 13.9. The van der Waals surface area contributed by atoms with Crippen LogP contribution in [0, 0.1) is 5.92 Å². The van der Waals surface area contributed by atoms with Gasteiger partial charge in [-0.2, -0.15) is 0 Å². The van der Waals surface area contributed by atoms with Crippen molar-refractivity contribution in [2.45, 2.75) is 18.8 Å². The second-order valence-corrected chi connectivity index (χ2v) is 11.0. The van der Waals surface area contributed by atoms with Crippen LogP contribution >= 0.6 is 11.6 Å². The molecule has 0 spiro atoms. The molecular formula is C31H31ClN4O5. The summed E-state index contributed by atoms with van der Waals surface area (Å²) in [5.41, 5.74) is 2.96. The second-order valence-electron chi connectivity index (χ2n) is 10.6. The molecule has 1 saturated heterocycles. The van der Waals surface area contributed by atoms with Gasteiger partial charge in [0.05, 0.1) is 29.7 Å². The number of fused-ring (bicyclic) bond motifs is 5. The van der Waals surface area contributed by atoms with Gasteiger partial charge in [0.15, 0.2) is 0 Å². The minimum absolute atomic E-state index is 0.101. The molecule has 212 valence electrons. The number of carbonyl (C=O) groups is 3. The van der Waals surface area contributed by atoms with Gasteiger partial charge in [-0.3, -0.25) is 19.4 Å². The molecule has 3 amide bonds. The molecule has 9 nitrogen and oxygen atoms in total. The summed E-state index contributed by atoms with van der Waals surface area (Å²) < 4.78 is 11.6. The van der Waals surface area contributed by atoms with Gasteiger partial charge in [-0.1, -0.05) is 23.7 Å². The Morgan fingerprint density at radius 3 is 2.71 bits per heavy atom. The molecule has 0 unspecified atom stereocenters. The van der Waals surface area contributed by atoms with Crippen LogP contribution in [0.3, 0.4) is 0 Å². The van der Waals surface area contributed by atoms with E-state index in [1.807, 2.05) is 36.4 Å². The third kappa shape index (κ3) is 5.72. The van der Waals surface area contributed by atoms with Crippen LogP contribution in [0.1, 0.15) is 44.2 Å². The molecule has 0 radical (unpaired) electrons. The number of hydrogen-bond donors (Lipinski definition) is 1. The smallest absolute Gasteiger partial charge is 0.255 e. The molecule has 1 fully saturated rings. The number of benzene rings is 2. The van der Waals surface area contributed by atoms with Gasteiger partial charge < -0.3 is 24.6 Å². The number of likely N-dealkylation sites (tertiary alicyclic amines) is 1. The van der Waals surface area contributed by atoms with Crippen molar-refractivity contribution in [1.82, 2.24) is 20.1 Å². The fourth-order valence-corrected chi connectivity index (χ4v) is 6.03. The first-order chi connectivity index (χ1) is 20.0. The fraction of sp³-hybridized carbons (Fsp3) is 0.355. The van der Waals surface area contributed by atoms with Gasteiger partial charge in [0.2, 0.25) is 5.91 Å². The number of aromatic nitrogens is 1. The van der Waals surface area contributed by atoms with Crippen LogP contribution < -0.4 is 14.8 Å². The summed E-state index contributed by atoms with van der Waals surface area (Å²) in [5.74, 6) is 0.395. The molecular weight excluding hydrogens is 544 g/mol. The largest absolute Gasteiger partial charge is 0.494 e. The molecule has 3 aliphatic heterocycles. The molecule has 6 rings (SSSR count). The summed E-state index contributed by atoms with van der Waals surface area (Å²) in [6.45, 7) is 2.78. The van der Waals surface area contributed by atoms with Gasteiger partial charge in [-0.15, -0.1) is 0 Å². The van der Waals surface area contributed by atoms with Crippen LogP contribution in [0.25, 0.3) is 0 Å². The number of rotatable bonds is 2. The lowest BCUT2D eigenvalue weighted by molar-refractivity contribution is -0.125. The monoisotopic (exact) mass is 574 g/mol. The van der Waals surface area contributed by atoms with Gasteiger partial charge in [0.1, 0.15) is 11.5 Å². The van der Waals surface area contributed by atoms with E-state index in [9.17, 15) is 14.4 Å². The third-order valence-electron chi connectivity index (χ3n) is 7.98. The number of halogens is 1. The summed E-state index contributed by atoms with van der Waals surface area (Å²) in [6.07, 6.45) is 4.36. The molecule has 41 heavy (non-hydrogen) atoms. The number of nitrogens with zero attached hydrogens (tertiary/aromatic N) is 3. The van der Waals surface area contributed by atoms with Crippen LogP contribution in [-0.2, 0) is 11.2 Å². The molecule has 2 atom stereocenters. The maximum absolute atomic E-state index is 13.6. The average Bonchev–Trinajstić information content (AvgIpc) is 3.65. The normalized spacial score (nSPS) is 20.7. The van der Waals surface area contributed by atoms with Crippen molar-refractivity contribution in [3.63, 3.8) is 0 Å². The van der Waals surface area contributed by atoms with Gasteiger partial charge in [0.25, 0.3) is 11.8 Å². The van der Waals surface area contributed by atoms with Gasteiger partial charge in [0, 0.05) is 63.0 Å².